The molecule has 0 spiro atoms. The highest BCUT2D eigenvalue weighted by atomic mass is 79.9. The van der Waals surface area contributed by atoms with Crippen LogP contribution in [0.3, 0.4) is 0 Å². The van der Waals surface area contributed by atoms with Gasteiger partial charge in [-0.05, 0) is 71.6 Å². The predicted molar refractivity (Wildman–Crippen MR) is 137 cm³/mol. The lowest BCUT2D eigenvalue weighted by molar-refractivity contribution is 0.0940. The van der Waals surface area contributed by atoms with Crippen LogP contribution < -0.4 is 20.9 Å². The summed E-state index contributed by atoms with van der Waals surface area (Å²) in [6.07, 6.45) is 2.21. The van der Waals surface area contributed by atoms with Crippen molar-refractivity contribution >= 4 is 44.9 Å². The van der Waals surface area contributed by atoms with E-state index >= 15 is 0 Å². The summed E-state index contributed by atoms with van der Waals surface area (Å²) in [6.45, 7) is 3.81. The van der Waals surface area contributed by atoms with E-state index in [4.69, 9.17) is 0 Å². The van der Waals surface area contributed by atoms with Crippen LogP contribution in [0.25, 0.3) is 0 Å². The van der Waals surface area contributed by atoms with E-state index in [0.717, 1.165) is 41.7 Å². The lowest BCUT2D eigenvalue weighted by Gasteiger charge is -2.23. The van der Waals surface area contributed by atoms with E-state index in [-0.39, 0.29) is 18.0 Å². The van der Waals surface area contributed by atoms with E-state index in [1.54, 1.807) is 6.07 Å². The Bertz CT molecular complexity index is 1130. The third-order valence-corrected chi connectivity index (χ3v) is 6.41. The molecular weight excluding hydrogens is 480 g/mol. The number of nitrogens with one attached hydrogen (secondary N) is 3. The Kier molecular flexibility index (Phi) is 7.29. The molecule has 6 nitrogen and oxygen atoms in total. The monoisotopic (exact) mass is 506 g/mol. The molecular formula is C26H27BrN4O2. The van der Waals surface area contributed by atoms with Crippen LogP contribution in [0.2, 0.25) is 0 Å². The second kappa shape index (κ2) is 10.5. The number of benzene rings is 3. The summed E-state index contributed by atoms with van der Waals surface area (Å²) in [4.78, 5) is 28.1. The number of rotatable bonds is 6. The maximum atomic E-state index is 13.3. The quantitative estimate of drug-likeness (QED) is 0.373. The average Bonchev–Trinajstić information content (AvgIpc) is 3.36. The fourth-order valence-electron chi connectivity index (χ4n) is 3.98. The third kappa shape index (κ3) is 5.73. The Balaban J connectivity index is 1.54. The average molecular weight is 507 g/mol. The Morgan fingerprint density at radius 1 is 0.909 bits per heavy atom. The Hall–Kier alpha value is -3.32. The first-order valence-corrected chi connectivity index (χ1v) is 11.9. The summed E-state index contributed by atoms with van der Waals surface area (Å²) in [6, 6.07) is 22.3. The second-order valence-electron chi connectivity index (χ2n) is 8.09. The van der Waals surface area contributed by atoms with E-state index in [0.29, 0.717) is 16.9 Å². The van der Waals surface area contributed by atoms with E-state index in [1.165, 1.54) is 0 Å². The number of carbonyl (C=O) groups is 2. The summed E-state index contributed by atoms with van der Waals surface area (Å²) in [7, 11) is 0. The molecule has 1 fully saturated rings. The molecule has 1 unspecified atom stereocenters. The maximum absolute atomic E-state index is 13.3. The van der Waals surface area contributed by atoms with Gasteiger partial charge in [-0.3, -0.25) is 4.79 Å². The topological polar surface area (TPSA) is 73.5 Å². The lowest BCUT2D eigenvalue weighted by atomic mass is 10.1. The van der Waals surface area contributed by atoms with Gasteiger partial charge in [-0.2, -0.15) is 0 Å². The number of amides is 3. The Morgan fingerprint density at radius 2 is 1.61 bits per heavy atom. The molecule has 170 valence electrons. The van der Waals surface area contributed by atoms with Crippen molar-refractivity contribution in [2.75, 3.05) is 28.6 Å². The number of para-hydroxylation sites is 1. The molecule has 1 aliphatic rings. The van der Waals surface area contributed by atoms with Gasteiger partial charge in [0.15, 0.2) is 0 Å². The molecule has 0 bridgehead atoms. The standard InChI is InChI=1S/C26H27BrN4O2/c1-18(19-9-3-2-4-10-19)28-25(32)21-17-20(13-14-24(21)31-15-7-8-16-31)29-26(33)30-23-12-6-5-11-22(23)27/h2-6,9-14,17-18H,7-8,15-16H2,1H3,(H,28,32)(H2,29,30,33). The first kappa shape index (κ1) is 22.9. The number of urea groups is 1. The van der Waals surface area contributed by atoms with E-state index in [1.807, 2.05) is 73.7 Å². The molecule has 7 heteroatoms. The zero-order valence-corrected chi connectivity index (χ0v) is 20.1. The molecule has 3 aromatic rings. The molecule has 3 N–H and O–H groups in total. The van der Waals surface area contributed by atoms with Crippen molar-refractivity contribution in [3.8, 4) is 0 Å². The number of anilines is 3. The zero-order valence-electron chi connectivity index (χ0n) is 18.5. The molecule has 1 saturated heterocycles. The molecule has 1 aliphatic heterocycles. The van der Waals surface area contributed by atoms with Crippen LogP contribution in [0.5, 0.6) is 0 Å². The SMILES string of the molecule is CC(NC(=O)c1cc(NC(=O)Nc2ccccc2Br)ccc1N1CCCC1)c1ccccc1. The largest absolute Gasteiger partial charge is 0.371 e. The van der Waals surface area contributed by atoms with Gasteiger partial charge in [-0.1, -0.05) is 42.5 Å². The molecule has 1 atom stereocenters. The molecule has 4 rings (SSSR count). The fraction of sp³-hybridized carbons (Fsp3) is 0.231. The summed E-state index contributed by atoms with van der Waals surface area (Å²) in [5.74, 6) is -0.164. The van der Waals surface area contributed by atoms with Gasteiger partial charge in [0.05, 0.1) is 17.3 Å². The highest BCUT2D eigenvalue weighted by Gasteiger charge is 2.22. The van der Waals surface area contributed by atoms with Gasteiger partial charge < -0.3 is 20.9 Å². The number of halogens is 1. The molecule has 0 radical (unpaired) electrons. The fourth-order valence-corrected chi connectivity index (χ4v) is 4.36. The molecule has 33 heavy (non-hydrogen) atoms. The van der Waals surface area contributed by atoms with Crippen LogP contribution in [0.15, 0.2) is 77.3 Å². The smallest absolute Gasteiger partial charge is 0.323 e. The van der Waals surface area contributed by atoms with Crippen LogP contribution in [-0.4, -0.2) is 25.0 Å². The Labute approximate surface area is 202 Å². The molecule has 1 heterocycles. The first-order chi connectivity index (χ1) is 16.0. The molecule has 0 aromatic heterocycles. The first-order valence-electron chi connectivity index (χ1n) is 11.1. The van der Waals surface area contributed by atoms with Gasteiger partial charge in [-0.15, -0.1) is 0 Å². The molecule has 3 amide bonds. The van der Waals surface area contributed by atoms with Crippen molar-refractivity contribution in [1.82, 2.24) is 5.32 Å². The predicted octanol–water partition coefficient (Wildman–Crippen LogP) is 6.18. The zero-order chi connectivity index (χ0) is 23.2. The maximum Gasteiger partial charge on any atom is 0.323 e. The highest BCUT2D eigenvalue weighted by Crippen LogP contribution is 2.29. The number of hydrogen-bond acceptors (Lipinski definition) is 3. The van der Waals surface area contributed by atoms with E-state index < -0.39 is 0 Å². The van der Waals surface area contributed by atoms with E-state index in [9.17, 15) is 9.59 Å². The highest BCUT2D eigenvalue weighted by molar-refractivity contribution is 9.10. The van der Waals surface area contributed by atoms with Crippen molar-refractivity contribution in [2.24, 2.45) is 0 Å². The normalized spacial score (nSPS) is 13.9. The van der Waals surface area contributed by atoms with Gasteiger partial charge in [0.25, 0.3) is 5.91 Å². The minimum Gasteiger partial charge on any atom is -0.371 e. The van der Waals surface area contributed by atoms with Gasteiger partial charge in [-0.25, -0.2) is 4.79 Å². The van der Waals surface area contributed by atoms with Crippen LogP contribution in [0, 0.1) is 0 Å². The van der Waals surface area contributed by atoms with Crippen LogP contribution in [0.4, 0.5) is 21.9 Å². The van der Waals surface area contributed by atoms with E-state index in [2.05, 4.69) is 36.8 Å². The van der Waals surface area contributed by atoms with Crippen molar-refractivity contribution < 1.29 is 9.59 Å². The minimum absolute atomic E-state index is 0.138. The van der Waals surface area contributed by atoms with Crippen molar-refractivity contribution in [1.29, 1.82) is 0 Å². The Morgan fingerprint density at radius 3 is 2.33 bits per heavy atom. The lowest BCUT2D eigenvalue weighted by Crippen LogP contribution is -2.30. The van der Waals surface area contributed by atoms with Crippen molar-refractivity contribution in [3.05, 3.63) is 88.4 Å². The molecule has 0 aliphatic carbocycles. The second-order valence-corrected chi connectivity index (χ2v) is 8.95. The van der Waals surface area contributed by atoms with Gasteiger partial charge in [0.2, 0.25) is 0 Å². The molecule has 0 saturated carbocycles. The summed E-state index contributed by atoms with van der Waals surface area (Å²) < 4.78 is 0.791. The number of hydrogen-bond donors (Lipinski definition) is 3. The van der Waals surface area contributed by atoms with Crippen LogP contribution >= 0.6 is 15.9 Å². The summed E-state index contributed by atoms with van der Waals surface area (Å²) in [5.41, 5.74) is 3.70. The molecule has 3 aromatic carbocycles. The van der Waals surface area contributed by atoms with Crippen molar-refractivity contribution in [2.45, 2.75) is 25.8 Å². The third-order valence-electron chi connectivity index (χ3n) is 5.72. The minimum atomic E-state index is -0.375. The van der Waals surface area contributed by atoms with Crippen LogP contribution in [-0.2, 0) is 0 Å². The van der Waals surface area contributed by atoms with Gasteiger partial charge in [0.1, 0.15) is 0 Å². The summed E-state index contributed by atoms with van der Waals surface area (Å²) in [5, 5.41) is 8.77. The number of nitrogens with zero attached hydrogens (tertiary/aromatic N) is 1. The number of carbonyl (C=O) groups excluding carboxylic acids is 2. The van der Waals surface area contributed by atoms with Crippen molar-refractivity contribution in [3.63, 3.8) is 0 Å². The van der Waals surface area contributed by atoms with Crippen LogP contribution in [0.1, 0.15) is 41.7 Å². The summed E-state index contributed by atoms with van der Waals surface area (Å²) >= 11 is 3.43. The van der Waals surface area contributed by atoms with Gasteiger partial charge in [0, 0.05) is 28.9 Å². The van der Waals surface area contributed by atoms with Gasteiger partial charge >= 0.3 is 6.03 Å².